The molecule has 0 bridgehead atoms. The van der Waals surface area contributed by atoms with Gasteiger partial charge in [0.15, 0.2) is 0 Å². The van der Waals surface area contributed by atoms with Crippen LogP contribution in [0.1, 0.15) is 80.6 Å². The van der Waals surface area contributed by atoms with Gasteiger partial charge in [0, 0.05) is 44.1 Å². The van der Waals surface area contributed by atoms with Crippen molar-refractivity contribution in [2.24, 2.45) is 0 Å². The standard InChI is InChI=1S/C34H44ClN5O5/c1-22(33(44)37-25-12-6-3-7-13-25)36-21-29(41)26(18-23-10-4-2-5-11-23)38-34(45)24-19-27(39-16-8-14-30(39)42)32(35)28(20-24)40-17-9-15-31(40)43/h2,4-5,10-11,19-20,22,25-26,29,36,41H,3,6-9,12-18,21H2,1H3,(H,37,44)(H,38,45)/t22-,26-,29+/m0/s1. The number of rotatable bonds is 12. The number of aliphatic hydroxyl groups excluding tert-OH is 1. The number of nitrogens with one attached hydrogen (secondary N) is 3. The third-order valence-electron chi connectivity index (χ3n) is 9.08. The number of anilines is 2. The molecule has 4 amide bonds. The predicted molar refractivity (Wildman–Crippen MR) is 175 cm³/mol. The molecule has 0 aromatic heterocycles. The molecule has 0 radical (unpaired) electrons. The molecule has 2 aromatic carbocycles. The summed E-state index contributed by atoms with van der Waals surface area (Å²) in [6, 6.07) is 11.7. The third kappa shape index (κ3) is 8.23. The van der Waals surface area contributed by atoms with E-state index >= 15 is 0 Å². The summed E-state index contributed by atoms with van der Waals surface area (Å²) in [6.07, 6.45) is 6.87. The lowest BCUT2D eigenvalue weighted by Gasteiger charge is -2.28. The maximum Gasteiger partial charge on any atom is 0.251 e. The quantitative estimate of drug-likeness (QED) is 0.281. The van der Waals surface area contributed by atoms with Crippen LogP contribution in [0.25, 0.3) is 0 Å². The van der Waals surface area contributed by atoms with Crippen LogP contribution < -0.4 is 25.8 Å². The molecule has 0 spiro atoms. The smallest absolute Gasteiger partial charge is 0.251 e. The normalized spacial score (nSPS) is 19.4. The van der Waals surface area contributed by atoms with Crippen LogP contribution in [0, 0.1) is 0 Å². The minimum atomic E-state index is -1.02. The molecule has 45 heavy (non-hydrogen) atoms. The molecule has 0 unspecified atom stereocenters. The molecule has 5 rings (SSSR count). The van der Waals surface area contributed by atoms with Crippen molar-refractivity contribution >= 4 is 46.6 Å². The van der Waals surface area contributed by atoms with E-state index < -0.39 is 24.1 Å². The van der Waals surface area contributed by atoms with Gasteiger partial charge in [-0.25, -0.2) is 0 Å². The number of halogens is 1. The summed E-state index contributed by atoms with van der Waals surface area (Å²) >= 11 is 6.80. The molecule has 4 N–H and O–H groups in total. The Hall–Kier alpha value is -3.47. The molecule has 3 aliphatic rings. The maximum atomic E-state index is 13.9. The highest BCUT2D eigenvalue weighted by molar-refractivity contribution is 6.37. The van der Waals surface area contributed by atoms with Crippen LogP contribution in [-0.4, -0.2) is 72.6 Å². The van der Waals surface area contributed by atoms with Crippen molar-refractivity contribution in [2.45, 2.75) is 95.4 Å². The first kappa shape index (κ1) is 32.9. The van der Waals surface area contributed by atoms with E-state index in [1.54, 1.807) is 28.9 Å². The van der Waals surface area contributed by atoms with E-state index in [1.165, 1.54) is 6.42 Å². The summed E-state index contributed by atoms with van der Waals surface area (Å²) in [5, 5.41) is 20.9. The molecule has 2 aliphatic heterocycles. The van der Waals surface area contributed by atoms with E-state index in [-0.39, 0.29) is 40.9 Å². The fourth-order valence-electron chi connectivity index (χ4n) is 6.43. The van der Waals surface area contributed by atoms with Crippen LogP contribution in [0.4, 0.5) is 11.4 Å². The fourth-order valence-corrected chi connectivity index (χ4v) is 6.75. The first-order valence-electron chi connectivity index (χ1n) is 16.2. The summed E-state index contributed by atoms with van der Waals surface area (Å²) in [6.45, 7) is 2.81. The van der Waals surface area contributed by atoms with Crippen molar-refractivity contribution in [3.8, 4) is 0 Å². The second-order valence-electron chi connectivity index (χ2n) is 12.4. The van der Waals surface area contributed by atoms with Crippen molar-refractivity contribution in [1.82, 2.24) is 16.0 Å². The largest absolute Gasteiger partial charge is 0.390 e. The summed E-state index contributed by atoms with van der Waals surface area (Å²) < 4.78 is 0. The SMILES string of the molecule is C[C@H](NC[C@@H](O)[C@H](Cc1ccccc1)NC(=O)c1cc(N2CCCC2=O)c(Cl)c(N2CCCC2=O)c1)C(=O)NC1CCCCC1. The maximum absolute atomic E-state index is 13.9. The van der Waals surface area contributed by atoms with E-state index in [0.29, 0.717) is 56.6 Å². The Labute approximate surface area is 269 Å². The minimum Gasteiger partial charge on any atom is -0.390 e. The summed E-state index contributed by atoms with van der Waals surface area (Å²) in [5.74, 6) is -0.737. The zero-order valence-electron chi connectivity index (χ0n) is 25.9. The molecule has 2 saturated heterocycles. The fraction of sp³-hybridized carbons (Fsp3) is 0.529. The van der Waals surface area contributed by atoms with E-state index in [4.69, 9.17) is 11.6 Å². The zero-order chi connectivity index (χ0) is 31.9. The van der Waals surface area contributed by atoms with Gasteiger partial charge >= 0.3 is 0 Å². The number of nitrogens with zero attached hydrogens (tertiary/aromatic N) is 2. The lowest BCUT2D eigenvalue weighted by atomic mass is 9.95. The van der Waals surface area contributed by atoms with Crippen molar-refractivity contribution in [3.05, 3.63) is 58.6 Å². The van der Waals surface area contributed by atoms with Crippen LogP contribution in [0.15, 0.2) is 42.5 Å². The Balaban J connectivity index is 1.34. The van der Waals surface area contributed by atoms with E-state index in [2.05, 4.69) is 16.0 Å². The van der Waals surface area contributed by atoms with E-state index in [9.17, 15) is 24.3 Å². The Bertz CT molecular complexity index is 1340. The van der Waals surface area contributed by atoms with Crippen molar-refractivity contribution < 1.29 is 24.3 Å². The predicted octanol–water partition coefficient (Wildman–Crippen LogP) is 3.72. The molecule has 242 valence electrons. The average molecular weight is 638 g/mol. The lowest BCUT2D eigenvalue weighted by Crippen LogP contribution is -2.53. The molecule has 2 heterocycles. The van der Waals surface area contributed by atoms with Crippen LogP contribution in [-0.2, 0) is 20.8 Å². The van der Waals surface area contributed by atoms with Gasteiger partial charge in [0.1, 0.15) is 0 Å². The number of carbonyl (C=O) groups excluding carboxylic acids is 4. The molecule has 3 atom stereocenters. The van der Waals surface area contributed by atoms with Gasteiger partial charge in [-0.05, 0) is 56.7 Å². The number of hydrogen-bond donors (Lipinski definition) is 4. The molecular weight excluding hydrogens is 594 g/mol. The molecule has 11 heteroatoms. The summed E-state index contributed by atoms with van der Waals surface area (Å²) in [4.78, 5) is 55.2. The Morgan fingerprint density at radius 1 is 0.933 bits per heavy atom. The number of carbonyl (C=O) groups is 4. The number of hydrogen-bond acceptors (Lipinski definition) is 6. The van der Waals surface area contributed by atoms with Gasteiger partial charge < -0.3 is 30.9 Å². The lowest BCUT2D eigenvalue weighted by molar-refractivity contribution is -0.124. The van der Waals surface area contributed by atoms with Gasteiger partial charge in [0.2, 0.25) is 17.7 Å². The monoisotopic (exact) mass is 637 g/mol. The van der Waals surface area contributed by atoms with E-state index in [1.807, 2.05) is 30.3 Å². The van der Waals surface area contributed by atoms with Crippen molar-refractivity contribution in [3.63, 3.8) is 0 Å². The number of aliphatic hydroxyl groups is 1. The van der Waals surface area contributed by atoms with Crippen LogP contribution in [0.5, 0.6) is 0 Å². The molecule has 1 saturated carbocycles. The van der Waals surface area contributed by atoms with Crippen LogP contribution >= 0.6 is 11.6 Å². The average Bonchev–Trinajstić information content (AvgIpc) is 3.67. The molecular formula is C34H44ClN5O5. The Morgan fingerprint density at radius 2 is 1.53 bits per heavy atom. The summed E-state index contributed by atoms with van der Waals surface area (Å²) in [5.41, 5.74) is 1.97. The molecule has 1 aliphatic carbocycles. The number of amides is 4. The Morgan fingerprint density at radius 3 is 2.09 bits per heavy atom. The van der Waals surface area contributed by atoms with Gasteiger partial charge in [-0.1, -0.05) is 61.2 Å². The van der Waals surface area contributed by atoms with Crippen molar-refractivity contribution in [2.75, 3.05) is 29.4 Å². The molecule has 10 nitrogen and oxygen atoms in total. The van der Waals surface area contributed by atoms with Gasteiger partial charge in [0.05, 0.1) is 34.6 Å². The highest BCUT2D eigenvalue weighted by atomic mass is 35.5. The van der Waals surface area contributed by atoms with Gasteiger partial charge in [-0.2, -0.15) is 0 Å². The Kier molecular flexibility index (Phi) is 11.1. The summed E-state index contributed by atoms with van der Waals surface area (Å²) in [7, 11) is 0. The first-order valence-corrected chi connectivity index (χ1v) is 16.6. The first-order chi connectivity index (χ1) is 21.7. The minimum absolute atomic E-state index is 0.0821. The van der Waals surface area contributed by atoms with Gasteiger partial charge in [0.25, 0.3) is 5.91 Å². The number of benzene rings is 2. The zero-order valence-corrected chi connectivity index (χ0v) is 26.7. The van der Waals surface area contributed by atoms with Crippen molar-refractivity contribution in [1.29, 1.82) is 0 Å². The second-order valence-corrected chi connectivity index (χ2v) is 12.8. The highest BCUT2D eigenvalue weighted by Crippen LogP contribution is 2.40. The molecule has 2 aromatic rings. The van der Waals surface area contributed by atoms with Crippen LogP contribution in [0.2, 0.25) is 5.02 Å². The second kappa shape index (κ2) is 15.2. The highest BCUT2D eigenvalue weighted by Gasteiger charge is 2.32. The van der Waals surface area contributed by atoms with Crippen LogP contribution in [0.3, 0.4) is 0 Å². The third-order valence-corrected chi connectivity index (χ3v) is 9.47. The topological polar surface area (TPSA) is 131 Å². The van der Waals surface area contributed by atoms with E-state index in [0.717, 1.165) is 31.2 Å². The van der Waals surface area contributed by atoms with Gasteiger partial charge in [-0.3, -0.25) is 19.2 Å². The van der Waals surface area contributed by atoms with Gasteiger partial charge in [-0.15, -0.1) is 0 Å². The molecule has 3 fully saturated rings.